The van der Waals surface area contributed by atoms with Gasteiger partial charge in [0.15, 0.2) is 11.4 Å². The molecule has 2 aliphatic rings. The number of carbonyl (C=O) groups is 1. The molecule has 53 heavy (non-hydrogen) atoms. The number of nitrogens with one attached hydrogen (secondary N) is 1. The number of rotatable bonds is 8. The van der Waals surface area contributed by atoms with Crippen molar-refractivity contribution in [3.63, 3.8) is 0 Å². The minimum absolute atomic E-state index is 0.00989. The Morgan fingerprint density at radius 1 is 0.849 bits per heavy atom. The van der Waals surface area contributed by atoms with Gasteiger partial charge in [-0.2, -0.15) is 0 Å². The second-order valence-corrected chi connectivity index (χ2v) is 14.9. The van der Waals surface area contributed by atoms with E-state index in [1.807, 2.05) is 54.6 Å². The van der Waals surface area contributed by atoms with Crippen LogP contribution in [0.4, 0.5) is 4.39 Å². The zero-order valence-electron chi connectivity index (χ0n) is 30.0. The third kappa shape index (κ3) is 7.21. The maximum atomic E-state index is 14.6. The molecule has 1 saturated heterocycles. The summed E-state index contributed by atoms with van der Waals surface area (Å²) >= 11 is 0. The summed E-state index contributed by atoms with van der Waals surface area (Å²) in [7, 11) is 0. The SMILES string of the molecule is C[C@@H]1CN(Cc2ccc(-c3cccc(-n4c(=O)n(C5CCC(CC(=O)c6ccc7ccccc7n6)CC5)c(=O)c5cc(F)cnc54)c3)cc2)C[C@H](C)N1. The number of carbonyl (C=O) groups excluding carboxylic acids is 1. The van der Waals surface area contributed by atoms with Crippen LogP contribution in [0.1, 0.15) is 68.0 Å². The first-order chi connectivity index (χ1) is 25.7. The lowest BCUT2D eigenvalue weighted by Crippen LogP contribution is -2.53. The van der Waals surface area contributed by atoms with Crippen LogP contribution in [-0.4, -0.2) is 55.0 Å². The van der Waals surface area contributed by atoms with E-state index in [9.17, 15) is 18.8 Å². The Labute approximate surface area is 307 Å². The fourth-order valence-corrected chi connectivity index (χ4v) is 8.39. The third-order valence-corrected chi connectivity index (χ3v) is 10.9. The summed E-state index contributed by atoms with van der Waals surface area (Å²) in [5.74, 6) is -0.546. The molecular formula is C43H43FN6O3. The lowest BCUT2D eigenvalue weighted by Gasteiger charge is -2.36. The van der Waals surface area contributed by atoms with Crippen molar-refractivity contribution in [2.75, 3.05) is 13.1 Å². The predicted octanol–water partition coefficient (Wildman–Crippen LogP) is 7.09. The summed E-state index contributed by atoms with van der Waals surface area (Å²) in [6.45, 7) is 7.31. The number of nitrogens with zero attached hydrogens (tertiary/aromatic N) is 5. The largest absolute Gasteiger partial charge is 0.337 e. The van der Waals surface area contributed by atoms with Crippen molar-refractivity contribution in [1.82, 2.24) is 29.3 Å². The highest BCUT2D eigenvalue weighted by atomic mass is 19.1. The van der Waals surface area contributed by atoms with Crippen LogP contribution in [0, 0.1) is 11.7 Å². The first-order valence-electron chi connectivity index (χ1n) is 18.6. The molecule has 2 atom stereocenters. The highest BCUT2D eigenvalue weighted by Gasteiger charge is 2.29. The first kappa shape index (κ1) is 34.7. The molecule has 3 aromatic carbocycles. The van der Waals surface area contributed by atoms with Gasteiger partial charge >= 0.3 is 5.69 Å². The van der Waals surface area contributed by atoms with Crippen molar-refractivity contribution >= 4 is 27.7 Å². The molecule has 0 unspecified atom stereocenters. The number of para-hydroxylation sites is 1. The minimum Gasteiger partial charge on any atom is -0.309 e. The summed E-state index contributed by atoms with van der Waals surface area (Å²) < 4.78 is 17.3. The number of ketones is 1. The lowest BCUT2D eigenvalue weighted by molar-refractivity contribution is 0.0938. The van der Waals surface area contributed by atoms with Gasteiger partial charge in [0.1, 0.15) is 11.5 Å². The second kappa shape index (κ2) is 14.6. The van der Waals surface area contributed by atoms with Crippen molar-refractivity contribution in [1.29, 1.82) is 0 Å². The van der Waals surface area contributed by atoms with Gasteiger partial charge in [-0.3, -0.25) is 19.1 Å². The number of halogens is 1. The average Bonchev–Trinajstić information content (AvgIpc) is 3.15. The number of pyridine rings is 2. The fraction of sp³-hybridized carbons (Fsp3) is 0.326. The lowest BCUT2D eigenvalue weighted by atomic mass is 9.82. The van der Waals surface area contributed by atoms with Crippen molar-refractivity contribution in [2.45, 2.75) is 70.6 Å². The summed E-state index contributed by atoms with van der Waals surface area (Å²) in [5, 5.41) is 4.62. The maximum Gasteiger partial charge on any atom is 0.337 e. The molecule has 2 fully saturated rings. The van der Waals surface area contributed by atoms with Crippen LogP contribution in [-0.2, 0) is 6.54 Å². The molecule has 0 bridgehead atoms. The smallest absolute Gasteiger partial charge is 0.309 e. The van der Waals surface area contributed by atoms with Gasteiger partial charge in [0.05, 0.1) is 22.8 Å². The van der Waals surface area contributed by atoms with Gasteiger partial charge in [-0.25, -0.2) is 23.7 Å². The Kier molecular flexibility index (Phi) is 9.57. The number of fused-ring (bicyclic) bond motifs is 2. The number of Topliss-reactive ketones (excluding diaryl/α,β-unsaturated/α-hetero) is 1. The molecule has 0 amide bonds. The van der Waals surface area contributed by atoms with E-state index < -0.39 is 23.1 Å². The molecule has 4 heterocycles. The molecule has 0 spiro atoms. The molecule has 10 heteroatoms. The zero-order chi connectivity index (χ0) is 36.6. The van der Waals surface area contributed by atoms with Crippen LogP contribution in [0.2, 0.25) is 0 Å². The molecule has 9 nitrogen and oxygen atoms in total. The molecule has 270 valence electrons. The monoisotopic (exact) mass is 710 g/mol. The van der Waals surface area contributed by atoms with Crippen LogP contribution < -0.4 is 16.6 Å². The van der Waals surface area contributed by atoms with E-state index in [1.54, 1.807) is 6.07 Å². The highest BCUT2D eigenvalue weighted by Crippen LogP contribution is 2.34. The summed E-state index contributed by atoms with van der Waals surface area (Å²) in [6.07, 6.45) is 3.83. The van der Waals surface area contributed by atoms with Crippen molar-refractivity contribution in [3.05, 3.63) is 135 Å². The molecule has 1 aliphatic heterocycles. The van der Waals surface area contributed by atoms with Gasteiger partial charge in [-0.05, 0) is 92.5 Å². The van der Waals surface area contributed by atoms with Crippen LogP contribution in [0.5, 0.6) is 0 Å². The van der Waals surface area contributed by atoms with Crippen LogP contribution >= 0.6 is 0 Å². The van der Waals surface area contributed by atoms with Gasteiger partial charge in [-0.1, -0.05) is 60.7 Å². The van der Waals surface area contributed by atoms with Crippen molar-refractivity contribution in [2.24, 2.45) is 5.92 Å². The predicted molar refractivity (Wildman–Crippen MR) is 206 cm³/mol. The summed E-state index contributed by atoms with van der Waals surface area (Å²) in [6, 6.07) is 29.2. The highest BCUT2D eigenvalue weighted by molar-refractivity contribution is 5.96. The Morgan fingerprint density at radius 3 is 2.38 bits per heavy atom. The number of hydrogen-bond donors (Lipinski definition) is 1. The molecular weight excluding hydrogens is 668 g/mol. The molecule has 1 N–H and O–H groups in total. The Bertz CT molecular complexity index is 2420. The van der Waals surface area contributed by atoms with E-state index in [1.165, 1.54) is 20.8 Å². The number of piperazine rings is 1. The van der Waals surface area contributed by atoms with E-state index in [0.29, 0.717) is 55.6 Å². The van der Waals surface area contributed by atoms with Gasteiger partial charge in [0.2, 0.25) is 0 Å². The zero-order valence-corrected chi connectivity index (χ0v) is 30.0. The van der Waals surface area contributed by atoms with Crippen molar-refractivity contribution in [3.8, 4) is 16.8 Å². The van der Waals surface area contributed by atoms with Gasteiger partial charge in [0.25, 0.3) is 5.56 Å². The Morgan fingerprint density at radius 2 is 1.60 bits per heavy atom. The van der Waals surface area contributed by atoms with E-state index in [2.05, 4.69) is 58.3 Å². The fourth-order valence-electron chi connectivity index (χ4n) is 8.39. The molecule has 1 aliphatic carbocycles. The van der Waals surface area contributed by atoms with E-state index in [-0.39, 0.29) is 22.7 Å². The summed E-state index contributed by atoms with van der Waals surface area (Å²) in [5.41, 5.74) is 3.98. The van der Waals surface area contributed by atoms with Crippen LogP contribution in [0.15, 0.2) is 107 Å². The Hall–Kier alpha value is -5.32. The standard InChI is InChI=1S/C43H43FN6O3/c1-27-24-48(25-28(2)46-27)26-30-10-14-31(15-11-30)33-7-5-8-36(21-33)49-41-37(22-34(44)23-45-41)42(52)50(43(49)53)35-17-12-29(13-18-35)20-40(51)39-19-16-32-6-3-4-9-38(32)47-39/h3-11,14-16,19,21-23,27-29,35,46H,12-13,17-18,20,24-26H2,1-2H3/t27-,28+,29?,35?. The maximum absolute atomic E-state index is 14.6. The normalized spacial score (nSPS) is 20.9. The topological polar surface area (TPSA) is 102 Å². The molecule has 1 saturated carbocycles. The summed E-state index contributed by atoms with van der Waals surface area (Å²) in [4.78, 5) is 52.8. The first-order valence-corrected chi connectivity index (χ1v) is 18.6. The van der Waals surface area contributed by atoms with E-state index >= 15 is 0 Å². The van der Waals surface area contributed by atoms with E-state index in [0.717, 1.165) is 47.9 Å². The minimum atomic E-state index is -0.644. The number of hydrogen-bond acceptors (Lipinski definition) is 7. The molecule has 3 aromatic heterocycles. The molecule has 6 aromatic rings. The number of aromatic nitrogens is 4. The third-order valence-electron chi connectivity index (χ3n) is 10.9. The van der Waals surface area contributed by atoms with Gasteiger partial charge in [-0.15, -0.1) is 0 Å². The van der Waals surface area contributed by atoms with Crippen LogP contribution in [0.3, 0.4) is 0 Å². The quantitative estimate of drug-likeness (QED) is 0.168. The van der Waals surface area contributed by atoms with Gasteiger partial charge in [0, 0.05) is 49.6 Å². The Balaban J connectivity index is 1.04. The van der Waals surface area contributed by atoms with Crippen molar-refractivity contribution < 1.29 is 9.18 Å². The molecule has 0 radical (unpaired) electrons. The molecule has 8 rings (SSSR count). The van der Waals surface area contributed by atoms with E-state index in [4.69, 9.17) is 0 Å². The number of benzene rings is 3. The van der Waals surface area contributed by atoms with Gasteiger partial charge < -0.3 is 5.32 Å². The second-order valence-electron chi connectivity index (χ2n) is 14.9. The average molecular weight is 711 g/mol. The van der Waals surface area contributed by atoms with Crippen LogP contribution in [0.25, 0.3) is 38.8 Å².